The third-order valence-electron chi connectivity index (χ3n) is 2.32. The van der Waals surface area contributed by atoms with Crippen LogP contribution in [0.3, 0.4) is 0 Å². The van der Waals surface area contributed by atoms with E-state index in [1.807, 2.05) is 11.8 Å². The number of amides is 1. The Kier molecular flexibility index (Phi) is 5.88. The number of nitrogens with zero attached hydrogens (tertiary/aromatic N) is 1. The second kappa shape index (κ2) is 7.67. The SMILES string of the molecule is O=C(NCCSCc1cccs1)c1cncc(Br)c1. The Morgan fingerprint density at radius 2 is 2.37 bits per heavy atom. The van der Waals surface area contributed by atoms with Gasteiger partial charge in [0.2, 0.25) is 0 Å². The lowest BCUT2D eigenvalue weighted by Crippen LogP contribution is -2.25. The molecule has 0 spiro atoms. The molecule has 0 atom stereocenters. The van der Waals surface area contributed by atoms with Crippen LogP contribution in [0.5, 0.6) is 0 Å². The Morgan fingerprint density at radius 1 is 1.47 bits per heavy atom. The number of carbonyl (C=O) groups excluding carboxylic acids is 1. The van der Waals surface area contributed by atoms with Crippen molar-refractivity contribution in [3.05, 3.63) is 50.9 Å². The molecule has 2 aromatic rings. The van der Waals surface area contributed by atoms with Crippen molar-refractivity contribution >= 4 is 44.9 Å². The summed E-state index contributed by atoms with van der Waals surface area (Å²) >= 11 is 6.89. The highest BCUT2D eigenvalue weighted by Gasteiger charge is 2.05. The molecule has 2 aromatic heterocycles. The molecule has 0 aliphatic carbocycles. The largest absolute Gasteiger partial charge is 0.351 e. The zero-order chi connectivity index (χ0) is 13.5. The Bertz CT molecular complexity index is 531. The standard InChI is InChI=1S/C13H13BrN2OS2/c14-11-6-10(7-15-8-11)13(17)16-3-5-18-9-12-2-1-4-19-12/h1-2,4,6-8H,3,5,9H2,(H,16,17). The first-order chi connectivity index (χ1) is 9.25. The summed E-state index contributed by atoms with van der Waals surface area (Å²) in [4.78, 5) is 17.1. The summed E-state index contributed by atoms with van der Waals surface area (Å²) in [5.41, 5.74) is 0.581. The van der Waals surface area contributed by atoms with Crippen molar-refractivity contribution in [3.8, 4) is 0 Å². The van der Waals surface area contributed by atoms with Gasteiger partial charge in [0.1, 0.15) is 0 Å². The molecule has 0 radical (unpaired) electrons. The van der Waals surface area contributed by atoms with Crippen molar-refractivity contribution in [3.63, 3.8) is 0 Å². The average molecular weight is 357 g/mol. The maximum absolute atomic E-state index is 11.8. The van der Waals surface area contributed by atoms with Crippen molar-refractivity contribution in [2.45, 2.75) is 5.75 Å². The van der Waals surface area contributed by atoms with E-state index < -0.39 is 0 Å². The van der Waals surface area contributed by atoms with Crippen LogP contribution < -0.4 is 5.32 Å². The van der Waals surface area contributed by atoms with Gasteiger partial charge in [-0.25, -0.2) is 0 Å². The number of pyridine rings is 1. The first-order valence-electron chi connectivity index (χ1n) is 5.74. The van der Waals surface area contributed by atoms with E-state index >= 15 is 0 Å². The predicted octanol–water partition coefficient (Wildman–Crippen LogP) is 3.57. The minimum absolute atomic E-state index is 0.0782. The molecule has 1 amide bonds. The quantitative estimate of drug-likeness (QED) is 0.804. The van der Waals surface area contributed by atoms with E-state index in [0.29, 0.717) is 12.1 Å². The first kappa shape index (κ1) is 14.6. The molecule has 0 aliphatic rings. The van der Waals surface area contributed by atoms with Crippen LogP contribution in [0.1, 0.15) is 15.2 Å². The van der Waals surface area contributed by atoms with Crippen molar-refractivity contribution in [2.75, 3.05) is 12.3 Å². The zero-order valence-corrected chi connectivity index (χ0v) is 13.4. The van der Waals surface area contributed by atoms with Crippen LogP contribution in [0, 0.1) is 0 Å². The van der Waals surface area contributed by atoms with Gasteiger partial charge < -0.3 is 5.32 Å². The lowest BCUT2D eigenvalue weighted by molar-refractivity contribution is 0.0956. The lowest BCUT2D eigenvalue weighted by atomic mass is 10.3. The van der Waals surface area contributed by atoms with Gasteiger partial charge in [-0.1, -0.05) is 6.07 Å². The maximum Gasteiger partial charge on any atom is 0.252 e. The van der Waals surface area contributed by atoms with E-state index in [2.05, 4.69) is 43.7 Å². The van der Waals surface area contributed by atoms with Crippen molar-refractivity contribution in [1.82, 2.24) is 10.3 Å². The summed E-state index contributed by atoms with van der Waals surface area (Å²) in [5, 5.41) is 4.97. The number of rotatable bonds is 6. The molecule has 0 saturated carbocycles. The molecule has 0 saturated heterocycles. The molecule has 0 aliphatic heterocycles. The summed E-state index contributed by atoms with van der Waals surface area (Å²) in [6, 6.07) is 5.95. The smallest absolute Gasteiger partial charge is 0.252 e. The average Bonchev–Trinajstić information content (AvgIpc) is 2.91. The molecule has 1 N–H and O–H groups in total. The Balaban J connectivity index is 1.67. The van der Waals surface area contributed by atoms with Crippen LogP contribution in [0.4, 0.5) is 0 Å². The molecule has 0 aromatic carbocycles. The Labute approximate surface area is 129 Å². The van der Waals surface area contributed by atoms with Crippen LogP contribution in [0.25, 0.3) is 0 Å². The van der Waals surface area contributed by atoms with Crippen LogP contribution in [0.15, 0.2) is 40.4 Å². The van der Waals surface area contributed by atoms with Gasteiger partial charge in [0, 0.05) is 39.8 Å². The topological polar surface area (TPSA) is 42.0 Å². The summed E-state index contributed by atoms with van der Waals surface area (Å²) < 4.78 is 0.812. The molecule has 2 heterocycles. The molecule has 2 rings (SSSR count). The minimum Gasteiger partial charge on any atom is -0.351 e. The second-order valence-electron chi connectivity index (χ2n) is 3.78. The van der Waals surface area contributed by atoms with Crippen molar-refractivity contribution in [2.24, 2.45) is 0 Å². The van der Waals surface area contributed by atoms with E-state index in [1.165, 1.54) is 4.88 Å². The number of thioether (sulfide) groups is 1. The Morgan fingerprint density at radius 3 is 3.11 bits per heavy atom. The second-order valence-corrected chi connectivity index (χ2v) is 6.83. The van der Waals surface area contributed by atoms with Crippen LogP contribution in [-0.2, 0) is 5.75 Å². The number of hydrogen-bond acceptors (Lipinski definition) is 4. The highest BCUT2D eigenvalue weighted by molar-refractivity contribution is 9.10. The van der Waals surface area contributed by atoms with Gasteiger partial charge in [0.05, 0.1) is 5.56 Å². The Hall–Kier alpha value is -0.850. The van der Waals surface area contributed by atoms with Gasteiger partial charge in [0.25, 0.3) is 5.91 Å². The molecule has 0 unspecified atom stereocenters. The fourth-order valence-corrected chi connectivity index (χ4v) is 3.51. The van der Waals surface area contributed by atoms with Gasteiger partial charge in [0.15, 0.2) is 0 Å². The van der Waals surface area contributed by atoms with Crippen molar-refractivity contribution in [1.29, 1.82) is 0 Å². The molecule has 0 bridgehead atoms. The summed E-state index contributed by atoms with van der Waals surface area (Å²) in [5.74, 6) is 1.84. The molecule has 19 heavy (non-hydrogen) atoms. The highest BCUT2D eigenvalue weighted by Crippen LogP contribution is 2.16. The monoisotopic (exact) mass is 356 g/mol. The highest BCUT2D eigenvalue weighted by atomic mass is 79.9. The summed E-state index contributed by atoms with van der Waals surface area (Å²) in [6.45, 7) is 0.668. The summed E-state index contributed by atoms with van der Waals surface area (Å²) in [7, 11) is 0. The van der Waals surface area contributed by atoms with E-state index in [4.69, 9.17) is 0 Å². The maximum atomic E-state index is 11.8. The normalized spacial score (nSPS) is 10.4. The molecule has 0 fully saturated rings. The van der Waals surface area contributed by atoms with Crippen LogP contribution >= 0.6 is 39.0 Å². The van der Waals surface area contributed by atoms with Gasteiger partial charge in [-0.15, -0.1) is 11.3 Å². The van der Waals surface area contributed by atoms with E-state index in [1.54, 1.807) is 29.8 Å². The summed E-state index contributed by atoms with van der Waals surface area (Å²) in [6.07, 6.45) is 3.23. The van der Waals surface area contributed by atoms with E-state index in [9.17, 15) is 4.79 Å². The predicted molar refractivity (Wildman–Crippen MR) is 84.8 cm³/mol. The molecular weight excluding hydrogens is 344 g/mol. The number of halogens is 1. The first-order valence-corrected chi connectivity index (χ1v) is 8.57. The fraction of sp³-hybridized carbons (Fsp3) is 0.231. The fourth-order valence-electron chi connectivity index (χ4n) is 1.44. The third-order valence-corrected chi connectivity index (χ3v) is 4.82. The van der Waals surface area contributed by atoms with Gasteiger partial charge in [-0.2, -0.15) is 11.8 Å². The molecule has 100 valence electrons. The number of carbonyl (C=O) groups is 1. The van der Waals surface area contributed by atoms with Crippen LogP contribution in [0.2, 0.25) is 0 Å². The third kappa shape index (κ3) is 4.97. The van der Waals surface area contributed by atoms with E-state index in [0.717, 1.165) is 16.0 Å². The minimum atomic E-state index is -0.0782. The molecule has 6 heteroatoms. The molecule has 3 nitrogen and oxygen atoms in total. The zero-order valence-electron chi connectivity index (χ0n) is 10.1. The number of hydrogen-bond donors (Lipinski definition) is 1. The number of aromatic nitrogens is 1. The number of thiophene rings is 1. The number of nitrogens with one attached hydrogen (secondary N) is 1. The van der Waals surface area contributed by atoms with Crippen molar-refractivity contribution < 1.29 is 4.79 Å². The van der Waals surface area contributed by atoms with Gasteiger partial charge >= 0.3 is 0 Å². The van der Waals surface area contributed by atoms with Gasteiger partial charge in [-0.05, 0) is 33.4 Å². The van der Waals surface area contributed by atoms with Gasteiger partial charge in [-0.3, -0.25) is 9.78 Å². The van der Waals surface area contributed by atoms with E-state index in [-0.39, 0.29) is 5.91 Å². The molecular formula is C13H13BrN2OS2. The van der Waals surface area contributed by atoms with Crippen LogP contribution in [-0.4, -0.2) is 23.2 Å². The lowest BCUT2D eigenvalue weighted by Gasteiger charge is -2.04.